The summed E-state index contributed by atoms with van der Waals surface area (Å²) >= 11 is 1.54. The Labute approximate surface area is 85.3 Å². The van der Waals surface area contributed by atoms with Crippen molar-refractivity contribution in [3.8, 4) is 0 Å². The lowest BCUT2D eigenvalue weighted by Crippen LogP contribution is -2.30. The molecule has 5 nitrogen and oxygen atoms in total. The van der Waals surface area contributed by atoms with E-state index in [1.165, 1.54) is 0 Å². The number of nitrogens with two attached hydrogens (primary N) is 1. The van der Waals surface area contributed by atoms with E-state index in [-0.39, 0.29) is 9.47 Å². The predicted molar refractivity (Wildman–Crippen MR) is 47.6 cm³/mol. The van der Waals surface area contributed by atoms with Gasteiger partial charge in [-0.1, -0.05) is 23.1 Å². The molecular weight excluding hydrogens is 236 g/mol. The fourth-order valence-electron chi connectivity index (χ4n) is 0.493. The summed E-state index contributed by atoms with van der Waals surface area (Å²) in [5.41, 5.74) is 5.21. The Morgan fingerprint density at radius 1 is 1.64 bits per heavy atom. The second-order valence-corrected chi connectivity index (χ2v) is 4.44. The molecule has 3 N–H and O–H groups in total. The summed E-state index contributed by atoms with van der Waals surface area (Å²) in [6.45, 7) is 0. The number of carboxylic acid groups (broad SMARTS) is 1. The molecule has 0 fully saturated rings. The van der Waals surface area contributed by atoms with Crippen molar-refractivity contribution in [2.24, 2.45) is 0 Å². The minimum absolute atomic E-state index is 0.158. The Kier molecular flexibility index (Phi) is 3.21. The van der Waals surface area contributed by atoms with Gasteiger partial charge in [0.25, 0.3) is 0 Å². The topological polar surface area (TPSA) is 89.1 Å². The van der Waals surface area contributed by atoms with Crippen molar-refractivity contribution in [3.63, 3.8) is 0 Å². The number of halogens is 2. The molecule has 0 saturated heterocycles. The van der Waals surface area contributed by atoms with Crippen LogP contribution in [0.4, 0.5) is 13.9 Å². The molecule has 1 aromatic heterocycles. The van der Waals surface area contributed by atoms with E-state index in [0.717, 1.165) is 11.3 Å². The number of thioether (sulfide) groups is 1. The minimum atomic E-state index is -3.76. The van der Waals surface area contributed by atoms with Crippen LogP contribution in [0, 0.1) is 0 Å². The van der Waals surface area contributed by atoms with E-state index in [1.54, 1.807) is 0 Å². The molecule has 78 valence electrons. The maximum atomic E-state index is 12.5. The molecule has 1 heterocycles. The lowest BCUT2D eigenvalue weighted by atomic mass is 10.4. The van der Waals surface area contributed by atoms with E-state index in [9.17, 15) is 13.6 Å². The number of hydrogen-bond donors (Lipinski definition) is 2. The van der Waals surface area contributed by atoms with Crippen molar-refractivity contribution >= 4 is 34.2 Å². The zero-order valence-electron chi connectivity index (χ0n) is 6.61. The van der Waals surface area contributed by atoms with Crippen LogP contribution in [0.3, 0.4) is 0 Å². The van der Waals surface area contributed by atoms with Gasteiger partial charge in [-0.15, -0.1) is 10.2 Å². The molecule has 0 aliphatic heterocycles. The van der Waals surface area contributed by atoms with E-state index in [1.807, 2.05) is 0 Å². The summed E-state index contributed by atoms with van der Waals surface area (Å²) in [4.78, 5) is 10.0. The lowest BCUT2D eigenvalue weighted by Gasteiger charge is -2.07. The molecule has 1 rings (SSSR count). The molecule has 0 aliphatic carbocycles. The molecule has 0 saturated carbocycles. The number of aliphatic carboxylic acids is 1. The number of alkyl halides is 2. The maximum Gasteiger partial charge on any atom is 0.375 e. The number of aromatic nitrogens is 2. The van der Waals surface area contributed by atoms with Crippen LogP contribution in [-0.4, -0.2) is 32.9 Å². The molecule has 0 aromatic carbocycles. The first-order valence-corrected chi connectivity index (χ1v) is 5.05. The summed E-state index contributed by atoms with van der Waals surface area (Å²) in [5.74, 6) is -6.79. The first kappa shape index (κ1) is 11.1. The average Bonchev–Trinajstić information content (AvgIpc) is 2.48. The molecule has 9 heteroatoms. The standard InChI is InChI=1S/C5H5F2N3O2S2/c6-5(7,2(11)12)1-13-4-10-9-3(8)14-4/h1H2,(H2,8,9)(H,11,12). The van der Waals surface area contributed by atoms with Gasteiger partial charge in [0.1, 0.15) is 0 Å². The second kappa shape index (κ2) is 4.05. The summed E-state index contributed by atoms with van der Waals surface area (Å²) < 4.78 is 25.3. The molecule has 0 spiro atoms. The zero-order chi connectivity index (χ0) is 10.8. The first-order chi connectivity index (χ1) is 6.42. The average molecular weight is 241 g/mol. The van der Waals surface area contributed by atoms with Crippen LogP contribution in [0.25, 0.3) is 0 Å². The zero-order valence-corrected chi connectivity index (χ0v) is 8.24. The van der Waals surface area contributed by atoms with E-state index < -0.39 is 17.6 Å². The van der Waals surface area contributed by atoms with Gasteiger partial charge in [-0.25, -0.2) is 4.79 Å². The summed E-state index contributed by atoms with van der Waals surface area (Å²) in [6, 6.07) is 0. The summed E-state index contributed by atoms with van der Waals surface area (Å²) in [7, 11) is 0. The van der Waals surface area contributed by atoms with Crippen molar-refractivity contribution in [2.45, 2.75) is 10.3 Å². The van der Waals surface area contributed by atoms with E-state index in [4.69, 9.17) is 10.8 Å². The van der Waals surface area contributed by atoms with Gasteiger partial charge in [0.15, 0.2) is 4.34 Å². The Morgan fingerprint density at radius 2 is 2.29 bits per heavy atom. The molecule has 1 aromatic rings. The van der Waals surface area contributed by atoms with Crippen molar-refractivity contribution in [1.82, 2.24) is 10.2 Å². The van der Waals surface area contributed by atoms with Crippen LogP contribution in [0.5, 0.6) is 0 Å². The Bertz CT molecular complexity index is 343. The van der Waals surface area contributed by atoms with Crippen LogP contribution >= 0.6 is 23.1 Å². The highest BCUT2D eigenvalue weighted by molar-refractivity contribution is 8.01. The lowest BCUT2D eigenvalue weighted by molar-refractivity contribution is -0.161. The minimum Gasteiger partial charge on any atom is -0.477 e. The molecule has 14 heavy (non-hydrogen) atoms. The monoisotopic (exact) mass is 241 g/mol. The Morgan fingerprint density at radius 3 is 2.71 bits per heavy atom. The number of anilines is 1. The third-order valence-electron chi connectivity index (χ3n) is 1.11. The van der Waals surface area contributed by atoms with Gasteiger partial charge in [-0.05, 0) is 0 Å². The summed E-state index contributed by atoms with van der Waals surface area (Å²) in [5, 5.41) is 15.1. The normalized spacial score (nSPS) is 11.6. The number of nitrogens with zero attached hydrogens (tertiary/aromatic N) is 2. The number of hydrogen-bond acceptors (Lipinski definition) is 6. The number of carbonyl (C=O) groups is 1. The fourth-order valence-corrected chi connectivity index (χ4v) is 2.03. The second-order valence-electron chi connectivity index (χ2n) is 2.20. The number of rotatable bonds is 4. The van der Waals surface area contributed by atoms with Gasteiger partial charge in [-0.3, -0.25) is 0 Å². The van der Waals surface area contributed by atoms with Crippen LogP contribution in [0.1, 0.15) is 0 Å². The fraction of sp³-hybridized carbons (Fsp3) is 0.400. The molecule has 0 bridgehead atoms. The van der Waals surface area contributed by atoms with Gasteiger partial charge >= 0.3 is 11.9 Å². The van der Waals surface area contributed by atoms with Gasteiger partial charge in [0.2, 0.25) is 5.13 Å². The van der Waals surface area contributed by atoms with Crippen molar-refractivity contribution in [3.05, 3.63) is 0 Å². The number of carboxylic acids is 1. The Balaban J connectivity index is 2.52. The molecule has 0 aliphatic rings. The number of nitrogen functional groups attached to an aromatic ring is 1. The molecule has 0 atom stereocenters. The highest BCUT2D eigenvalue weighted by atomic mass is 32.2. The largest absolute Gasteiger partial charge is 0.477 e. The van der Waals surface area contributed by atoms with Crippen LogP contribution < -0.4 is 5.73 Å². The predicted octanol–water partition coefficient (Wildman–Crippen LogP) is 0.932. The first-order valence-electron chi connectivity index (χ1n) is 3.25. The molecule has 0 amide bonds. The van der Waals surface area contributed by atoms with Crippen LogP contribution in [-0.2, 0) is 4.79 Å². The van der Waals surface area contributed by atoms with Crippen LogP contribution in [0.2, 0.25) is 0 Å². The third kappa shape index (κ3) is 2.77. The SMILES string of the molecule is Nc1nnc(SCC(F)(F)C(=O)O)s1. The van der Waals surface area contributed by atoms with Crippen molar-refractivity contribution in [2.75, 3.05) is 11.5 Å². The smallest absolute Gasteiger partial charge is 0.375 e. The maximum absolute atomic E-state index is 12.5. The summed E-state index contributed by atoms with van der Waals surface area (Å²) in [6.07, 6.45) is 0. The highest BCUT2D eigenvalue weighted by Crippen LogP contribution is 2.29. The van der Waals surface area contributed by atoms with E-state index in [2.05, 4.69) is 10.2 Å². The quantitative estimate of drug-likeness (QED) is 0.762. The van der Waals surface area contributed by atoms with Crippen molar-refractivity contribution in [1.29, 1.82) is 0 Å². The van der Waals surface area contributed by atoms with Gasteiger partial charge in [-0.2, -0.15) is 8.78 Å². The van der Waals surface area contributed by atoms with Crippen LogP contribution in [0.15, 0.2) is 4.34 Å². The van der Waals surface area contributed by atoms with Gasteiger partial charge in [0.05, 0.1) is 5.75 Å². The molecule has 0 radical (unpaired) electrons. The van der Waals surface area contributed by atoms with E-state index >= 15 is 0 Å². The van der Waals surface area contributed by atoms with Gasteiger partial charge < -0.3 is 10.8 Å². The molecular formula is C5H5F2N3O2S2. The van der Waals surface area contributed by atoms with Gasteiger partial charge in [0, 0.05) is 0 Å². The van der Waals surface area contributed by atoms with Crippen molar-refractivity contribution < 1.29 is 18.7 Å². The van der Waals surface area contributed by atoms with E-state index in [0.29, 0.717) is 11.8 Å². The Hall–Kier alpha value is -0.960. The molecule has 0 unspecified atom stereocenters. The third-order valence-corrected chi connectivity index (χ3v) is 3.10. The highest BCUT2D eigenvalue weighted by Gasteiger charge is 2.39.